The zero-order valence-corrected chi connectivity index (χ0v) is 9.37. The van der Waals surface area contributed by atoms with Crippen LogP contribution < -0.4 is 5.43 Å². The van der Waals surface area contributed by atoms with Gasteiger partial charge >= 0.3 is 0 Å². The normalized spacial score (nSPS) is 10.6. The lowest BCUT2D eigenvalue weighted by atomic mass is 10.2. The summed E-state index contributed by atoms with van der Waals surface area (Å²) in [7, 11) is 1.85. The fraction of sp³-hybridized carbons (Fsp3) is 0.0833. The van der Waals surface area contributed by atoms with Gasteiger partial charge in [-0.1, -0.05) is 18.2 Å². The number of imidazole rings is 1. The summed E-state index contributed by atoms with van der Waals surface area (Å²) in [5.41, 5.74) is 3.02. The third kappa shape index (κ3) is 2.78. The number of carbonyl (C=O) groups excluding carboxylic acids is 1. The molecule has 1 heterocycles. The summed E-state index contributed by atoms with van der Waals surface area (Å²) in [6.45, 7) is 0. The number of carbonyl (C=O) groups is 1. The molecule has 1 aromatic heterocycles. The molecule has 1 amide bonds. The molecule has 1 N–H and O–H groups in total. The average Bonchev–Trinajstić information content (AvgIpc) is 2.76. The molecular formula is C12H12N4O. The van der Waals surface area contributed by atoms with Gasteiger partial charge in [-0.15, -0.1) is 0 Å². The molecular weight excluding hydrogens is 216 g/mol. The van der Waals surface area contributed by atoms with Crippen molar-refractivity contribution in [3.63, 3.8) is 0 Å². The van der Waals surface area contributed by atoms with Crippen LogP contribution >= 0.6 is 0 Å². The minimum atomic E-state index is -0.240. The van der Waals surface area contributed by atoms with E-state index in [1.54, 1.807) is 41.2 Å². The van der Waals surface area contributed by atoms with E-state index >= 15 is 0 Å². The maximum Gasteiger partial charge on any atom is 0.271 e. The molecule has 5 nitrogen and oxygen atoms in total. The smallest absolute Gasteiger partial charge is 0.271 e. The molecule has 0 saturated heterocycles. The van der Waals surface area contributed by atoms with Gasteiger partial charge in [0.2, 0.25) is 0 Å². The van der Waals surface area contributed by atoms with Crippen LogP contribution in [0.4, 0.5) is 0 Å². The quantitative estimate of drug-likeness (QED) is 0.633. The summed E-state index contributed by atoms with van der Waals surface area (Å²) in [6, 6.07) is 8.92. The first kappa shape index (κ1) is 11.1. The van der Waals surface area contributed by atoms with E-state index < -0.39 is 0 Å². The maximum atomic E-state index is 11.6. The van der Waals surface area contributed by atoms with Gasteiger partial charge in [0.15, 0.2) is 5.82 Å². The van der Waals surface area contributed by atoms with Crippen LogP contribution in [-0.2, 0) is 7.05 Å². The number of hydrogen-bond acceptors (Lipinski definition) is 3. The molecule has 0 unspecified atom stereocenters. The Hall–Kier alpha value is -2.43. The predicted octanol–water partition coefficient (Wildman–Crippen LogP) is 1.18. The van der Waals surface area contributed by atoms with E-state index in [1.807, 2.05) is 13.1 Å². The van der Waals surface area contributed by atoms with E-state index in [9.17, 15) is 4.79 Å². The van der Waals surface area contributed by atoms with Gasteiger partial charge in [0.05, 0.1) is 6.21 Å². The molecule has 0 bridgehead atoms. The third-order valence-corrected chi connectivity index (χ3v) is 2.24. The van der Waals surface area contributed by atoms with Gasteiger partial charge in [-0.05, 0) is 12.1 Å². The first-order chi connectivity index (χ1) is 8.27. The number of amides is 1. The second-order valence-electron chi connectivity index (χ2n) is 3.46. The fourth-order valence-electron chi connectivity index (χ4n) is 1.30. The van der Waals surface area contributed by atoms with Crippen LogP contribution in [-0.4, -0.2) is 21.7 Å². The zero-order chi connectivity index (χ0) is 12.1. The second-order valence-corrected chi connectivity index (χ2v) is 3.46. The first-order valence-corrected chi connectivity index (χ1v) is 5.13. The summed E-state index contributed by atoms with van der Waals surface area (Å²) in [4.78, 5) is 15.7. The van der Waals surface area contributed by atoms with Gasteiger partial charge in [0, 0.05) is 25.0 Å². The van der Waals surface area contributed by atoms with Crippen LogP contribution in [0.25, 0.3) is 0 Å². The van der Waals surface area contributed by atoms with Crippen molar-refractivity contribution < 1.29 is 4.79 Å². The van der Waals surface area contributed by atoms with Crippen molar-refractivity contribution >= 4 is 12.1 Å². The van der Waals surface area contributed by atoms with E-state index in [2.05, 4.69) is 15.5 Å². The minimum Gasteiger partial charge on any atom is -0.333 e. The molecule has 0 aliphatic rings. The molecule has 5 heteroatoms. The SMILES string of the molecule is Cn1ccnc1/C=N/NC(=O)c1ccccc1. The van der Waals surface area contributed by atoms with Crippen molar-refractivity contribution in [2.75, 3.05) is 0 Å². The first-order valence-electron chi connectivity index (χ1n) is 5.13. The Morgan fingerprint density at radius 2 is 2.18 bits per heavy atom. The number of benzene rings is 1. The Balaban J connectivity index is 1.97. The zero-order valence-electron chi connectivity index (χ0n) is 9.37. The van der Waals surface area contributed by atoms with Crippen molar-refractivity contribution in [1.29, 1.82) is 0 Å². The van der Waals surface area contributed by atoms with E-state index in [1.165, 1.54) is 6.21 Å². The summed E-state index contributed by atoms with van der Waals surface area (Å²) in [5.74, 6) is 0.439. The van der Waals surface area contributed by atoms with Gasteiger partial charge in [-0.3, -0.25) is 4.79 Å². The lowest BCUT2D eigenvalue weighted by Gasteiger charge is -1.98. The number of rotatable bonds is 3. The highest BCUT2D eigenvalue weighted by molar-refractivity contribution is 5.94. The van der Waals surface area contributed by atoms with Crippen molar-refractivity contribution in [1.82, 2.24) is 15.0 Å². The maximum absolute atomic E-state index is 11.6. The van der Waals surface area contributed by atoms with Crippen LogP contribution in [0, 0.1) is 0 Å². The number of hydrazone groups is 1. The highest BCUT2D eigenvalue weighted by Gasteiger charge is 2.01. The van der Waals surface area contributed by atoms with Crippen molar-refractivity contribution in [2.24, 2.45) is 12.1 Å². The lowest BCUT2D eigenvalue weighted by Crippen LogP contribution is -2.17. The molecule has 0 spiro atoms. The fourth-order valence-corrected chi connectivity index (χ4v) is 1.30. The van der Waals surface area contributed by atoms with Crippen molar-refractivity contribution in [3.05, 3.63) is 54.1 Å². The molecule has 86 valence electrons. The van der Waals surface area contributed by atoms with Crippen molar-refractivity contribution in [3.8, 4) is 0 Å². The standard InChI is InChI=1S/C12H12N4O/c1-16-8-7-13-11(16)9-14-15-12(17)10-5-3-2-4-6-10/h2-9H,1H3,(H,15,17)/b14-9+. The van der Waals surface area contributed by atoms with E-state index in [0.717, 1.165) is 0 Å². The van der Waals surface area contributed by atoms with Gasteiger partial charge in [-0.2, -0.15) is 5.10 Å². The Morgan fingerprint density at radius 3 is 2.82 bits per heavy atom. The summed E-state index contributed by atoms with van der Waals surface area (Å²) < 4.78 is 1.80. The molecule has 17 heavy (non-hydrogen) atoms. The summed E-state index contributed by atoms with van der Waals surface area (Å²) in [5, 5.41) is 3.84. The Morgan fingerprint density at radius 1 is 1.41 bits per heavy atom. The number of aromatic nitrogens is 2. The third-order valence-electron chi connectivity index (χ3n) is 2.24. The van der Waals surface area contributed by atoms with Gasteiger partial charge < -0.3 is 4.57 Å². The van der Waals surface area contributed by atoms with Gasteiger partial charge in [-0.25, -0.2) is 10.4 Å². The van der Waals surface area contributed by atoms with Crippen molar-refractivity contribution in [2.45, 2.75) is 0 Å². The molecule has 0 aliphatic carbocycles. The van der Waals surface area contributed by atoms with Crippen LogP contribution in [0.1, 0.15) is 16.2 Å². The largest absolute Gasteiger partial charge is 0.333 e. The second kappa shape index (κ2) is 5.07. The molecule has 0 aliphatic heterocycles. The molecule has 0 radical (unpaired) electrons. The minimum absolute atomic E-state index is 0.240. The molecule has 1 aromatic carbocycles. The highest BCUT2D eigenvalue weighted by Crippen LogP contribution is 1.97. The average molecular weight is 228 g/mol. The van der Waals surface area contributed by atoms with Crippen LogP contribution in [0.3, 0.4) is 0 Å². The van der Waals surface area contributed by atoms with E-state index in [-0.39, 0.29) is 5.91 Å². The number of nitrogens with one attached hydrogen (secondary N) is 1. The van der Waals surface area contributed by atoms with E-state index in [4.69, 9.17) is 0 Å². The summed E-state index contributed by atoms with van der Waals surface area (Å²) >= 11 is 0. The molecule has 2 rings (SSSR count). The number of nitrogens with zero attached hydrogens (tertiary/aromatic N) is 3. The summed E-state index contributed by atoms with van der Waals surface area (Å²) in [6.07, 6.45) is 4.97. The highest BCUT2D eigenvalue weighted by atomic mass is 16.2. The topological polar surface area (TPSA) is 59.3 Å². The van der Waals surface area contributed by atoms with E-state index in [0.29, 0.717) is 11.4 Å². The number of hydrogen-bond donors (Lipinski definition) is 1. The van der Waals surface area contributed by atoms with Gasteiger partial charge in [0.1, 0.15) is 0 Å². The van der Waals surface area contributed by atoms with Crippen LogP contribution in [0.15, 0.2) is 47.8 Å². The lowest BCUT2D eigenvalue weighted by molar-refractivity contribution is 0.0955. The Bertz CT molecular complexity index is 530. The number of aryl methyl sites for hydroxylation is 1. The molecule has 0 saturated carbocycles. The van der Waals surface area contributed by atoms with Crippen LogP contribution in [0.5, 0.6) is 0 Å². The predicted molar refractivity (Wildman–Crippen MR) is 64.7 cm³/mol. The molecule has 0 atom stereocenters. The van der Waals surface area contributed by atoms with Gasteiger partial charge in [0.25, 0.3) is 5.91 Å². The molecule has 2 aromatic rings. The molecule has 0 fully saturated rings. The Labute approximate surface area is 98.8 Å². The van der Waals surface area contributed by atoms with Crippen LogP contribution in [0.2, 0.25) is 0 Å². The monoisotopic (exact) mass is 228 g/mol. The Kier molecular flexibility index (Phi) is 3.30.